The van der Waals surface area contributed by atoms with E-state index < -0.39 is 0 Å². The topological polar surface area (TPSA) is 21.3 Å². The van der Waals surface area contributed by atoms with Gasteiger partial charge in [0.25, 0.3) is 0 Å². The van der Waals surface area contributed by atoms with Crippen molar-refractivity contribution in [1.29, 1.82) is 0 Å². The lowest BCUT2D eigenvalue weighted by atomic mass is 9.91. The number of ether oxygens (including phenoxy) is 1. The molecule has 1 N–H and O–H groups in total. The molecule has 0 saturated heterocycles. The van der Waals surface area contributed by atoms with Crippen molar-refractivity contribution in [3.8, 4) is 5.75 Å². The third-order valence-electron chi connectivity index (χ3n) is 3.53. The van der Waals surface area contributed by atoms with Gasteiger partial charge in [-0.3, -0.25) is 0 Å². The molecule has 2 aromatic carbocycles. The van der Waals surface area contributed by atoms with Crippen LogP contribution in [-0.4, -0.2) is 20.7 Å². The second-order valence-corrected chi connectivity index (χ2v) is 4.91. The Morgan fingerprint density at radius 2 is 1.86 bits per heavy atom. The number of hydrogen-bond donors (Lipinski definition) is 1. The van der Waals surface area contributed by atoms with Gasteiger partial charge in [0.1, 0.15) is 5.82 Å². The first kappa shape index (κ1) is 15.4. The van der Waals surface area contributed by atoms with E-state index in [9.17, 15) is 8.78 Å². The predicted molar refractivity (Wildman–Crippen MR) is 79.7 cm³/mol. The third kappa shape index (κ3) is 3.58. The summed E-state index contributed by atoms with van der Waals surface area (Å²) in [6.07, 6.45) is 0.408. The molecule has 2 rings (SSSR count). The van der Waals surface area contributed by atoms with Crippen LogP contribution in [0, 0.1) is 11.6 Å². The minimum absolute atomic E-state index is 0.141. The molecule has 0 saturated carbocycles. The first-order chi connectivity index (χ1) is 10.2. The highest BCUT2D eigenvalue weighted by Gasteiger charge is 2.18. The van der Waals surface area contributed by atoms with Crippen LogP contribution in [0.5, 0.6) is 5.75 Å². The number of halogens is 2. The summed E-state index contributed by atoms with van der Waals surface area (Å²) < 4.78 is 33.2. The van der Waals surface area contributed by atoms with Crippen LogP contribution in [0.3, 0.4) is 0 Å². The van der Waals surface area contributed by atoms with Crippen LogP contribution in [0.1, 0.15) is 17.0 Å². The van der Waals surface area contributed by atoms with Crippen LogP contribution in [0.25, 0.3) is 0 Å². The van der Waals surface area contributed by atoms with E-state index in [0.717, 1.165) is 0 Å². The summed E-state index contributed by atoms with van der Waals surface area (Å²) in [4.78, 5) is 0. The highest BCUT2D eigenvalue weighted by atomic mass is 19.1. The number of rotatable bonds is 6. The van der Waals surface area contributed by atoms with Crippen LogP contribution in [0.15, 0.2) is 42.5 Å². The molecule has 2 aromatic rings. The van der Waals surface area contributed by atoms with E-state index in [1.165, 1.54) is 13.2 Å². The number of nitrogens with one attached hydrogen (secondary N) is 1. The van der Waals surface area contributed by atoms with Crippen LogP contribution in [0.4, 0.5) is 8.78 Å². The first-order valence-corrected chi connectivity index (χ1v) is 6.87. The van der Waals surface area contributed by atoms with E-state index >= 15 is 0 Å². The molecule has 0 amide bonds. The number of methoxy groups -OCH3 is 1. The molecule has 0 spiro atoms. The zero-order valence-corrected chi connectivity index (χ0v) is 12.2. The van der Waals surface area contributed by atoms with Gasteiger partial charge in [0.05, 0.1) is 7.11 Å². The highest BCUT2D eigenvalue weighted by molar-refractivity contribution is 5.33. The van der Waals surface area contributed by atoms with Gasteiger partial charge in [0.2, 0.25) is 0 Å². The molecule has 1 unspecified atom stereocenters. The maximum absolute atomic E-state index is 14.3. The van der Waals surface area contributed by atoms with Crippen LogP contribution in [-0.2, 0) is 6.42 Å². The van der Waals surface area contributed by atoms with Gasteiger partial charge in [-0.15, -0.1) is 0 Å². The van der Waals surface area contributed by atoms with Gasteiger partial charge in [0.15, 0.2) is 11.6 Å². The third-order valence-corrected chi connectivity index (χ3v) is 3.53. The summed E-state index contributed by atoms with van der Waals surface area (Å²) in [5.41, 5.74) is 1.12. The Kier molecular flexibility index (Phi) is 5.28. The Balaban J connectivity index is 2.31. The Hall–Kier alpha value is -1.94. The molecule has 0 aliphatic rings. The molecule has 0 bridgehead atoms. The zero-order valence-electron chi connectivity index (χ0n) is 12.2. The molecule has 112 valence electrons. The average Bonchev–Trinajstić information content (AvgIpc) is 2.49. The van der Waals surface area contributed by atoms with Crippen molar-refractivity contribution in [3.63, 3.8) is 0 Å². The van der Waals surface area contributed by atoms with Crippen molar-refractivity contribution in [1.82, 2.24) is 5.32 Å². The molecule has 0 aromatic heterocycles. The summed E-state index contributed by atoms with van der Waals surface area (Å²) in [5, 5.41) is 3.04. The summed E-state index contributed by atoms with van der Waals surface area (Å²) in [6.45, 7) is 0.567. The molecule has 0 aliphatic heterocycles. The van der Waals surface area contributed by atoms with E-state index in [1.807, 2.05) is 0 Å². The van der Waals surface area contributed by atoms with Crippen molar-refractivity contribution in [2.75, 3.05) is 20.7 Å². The Bertz CT molecular complexity index is 601. The molecule has 0 aliphatic carbocycles. The van der Waals surface area contributed by atoms with Gasteiger partial charge in [-0.2, -0.15) is 0 Å². The fourth-order valence-electron chi connectivity index (χ4n) is 2.48. The second kappa shape index (κ2) is 7.18. The fraction of sp³-hybridized carbons (Fsp3) is 0.294. The van der Waals surface area contributed by atoms with Crippen molar-refractivity contribution in [2.45, 2.75) is 12.3 Å². The number of likely N-dealkylation sites (N-methyl/N-ethyl adjacent to an activating group) is 1. The summed E-state index contributed by atoms with van der Waals surface area (Å²) in [7, 11) is 3.24. The van der Waals surface area contributed by atoms with Gasteiger partial charge in [-0.25, -0.2) is 8.78 Å². The van der Waals surface area contributed by atoms with E-state index in [2.05, 4.69) is 5.32 Å². The molecular formula is C17H19F2NO. The predicted octanol–water partition coefficient (Wildman–Crippen LogP) is 3.52. The van der Waals surface area contributed by atoms with Crippen molar-refractivity contribution >= 4 is 0 Å². The molecule has 0 heterocycles. The fourth-order valence-corrected chi connectivity index (χ4v) is 2.48. The normalized spacial score (nSPS) is 12.2. The summed E-state index contributed by atoms with van der Waals surface area (Å²) in [5.74, 6) is -0.569. The maximum Gasteiger partial charge on any atom is 0.168 e. The van der Waals surface area contributed by atoms with Gasteiger partial charge in [0, 0.05) is 12.5 Å². The zero-order chi connectivity index (χ0) is 15.2. The van der Waals surface area contributed by atoms with Crippen LogP contribution < -0.4 is 10.1 Å². The Labute approximate surface area is 123 Å². The average molecular weight is 291 g/mol. The van der Waals surface area contributed by atoms with Gasteiger partial charge >= 0.3 is 0 Å². The number of hydrogen-bond acceptors (Lipinski definition) is 2. The molecule has 21 heavy (non-hydrogen) atoms. The summed E-state index contributed by atoms with van der Waals surface area (Å²) >= 11 is 0. The van der Waals surface area contributed by atoms with Crippen LogP contribution in [0.2, 0.25) is 0 Å². The summed E-state index contributed by atoms with van der Waals surface area (Å²) in [6, 6.07) is 11.7. The van der Waals surface area contributed by atoms with Crippen molar-refractivity contribution in [2.24, 2.45) is 0 Å². The monoisotopic (exact) mass is 291 g/mol. The number of benzene rings is 2. The van der Waals surface area contributed by atoms with E-state index in [-0.39, 0.29) is 23.3 Å². The standard InChI is InChI=1S/C17H19F2NO/c1-20-11-13(14-7-3-4-8-15(14)18)10-12-6-5-9-16(21-2)17(12)19/h3-9,13,20H,10-11H2,1-2H3. The molecule has 2 nitrogen and oxygen atoms in total. The van der Waals surface area contributed by atoms with Crippen molar-refractivity contribution < 1.29 is 13.5 Å². The van der Waals surface area contributed by atoms with Gasteiger partial charge < -0.3 is 10.1 Å². The Morgan fingerprint density at radius 1 is 1.10 bits per heavy atom. The molecular weight excluding hydrogens is 272 g/mol. The lowest BCUT2D eigenvalue weighted by Gasteiger charge is -2.18. The lowest BCUT2D eigenvalue weighted by Crippen LogP contribution is -2.20. The first-order valence-electron chi connectivity index (χ1n) is 6.87. The van der Waals surface area contributed by atoms with Crippen LogP contribution >= 0.6 is 0 Å². The molecule has 1 atom stereocenters. The van der Waals surface area contributed by atoms with Crippen molar-refractivity contribution in [3.05, 3.63) is 65.2 Å². The smallest absolute Gasteiger partial charge is 0.168 e. The van der Waals surface area contributed by atoms with Gasteiger partial charge in [-0.05, 0) is 36.7 Å². The second-order valence-electron chi connectivity index (χ2n) is 4.91. The Morgan fingerprint density at radius 3 is 2.52 bits per heavy atom. The largest absolute Gasteiger partial charge is 0.494 e. The molecule has 4 heteroatoms. The lowest BCUT2D eigenvalue weighted by molar-refractivity contribution is 0.383. The van der Waals surface area contributed by atoms with E-state index in [0.29, 0.717) is 24.1 Å². The highest BCUT2D eigenvalue weighted by Crippen LogP contribution is 2.27. The SMILES string of the molecule is CNCC(Cc1cccc(OC)c1F)c1ccccc1F. The minimum Gasteiger partial charge on any atom is -0.494 e. The molecule has 0 fully saturated rings. The molecule has 0 radical (unpaired) electrons. The van der Waals surface area contributed by atoms with E-state index in [4.69, 9.17) is 4.74 Å². The quantitative estimate of drug-likeness (QED) is 0.879. The maximum atomic E-state index is 14.3. The minimum atomic E-state index is -0.377. The van der Waals surface area contributed by atoms with Gasteiger partial charge in [-0.1, -0.05) is 30.3 Å². The van der Waals surface area contributed by atoms with E-state index in [1.54, 1.807) is 43.4 Å².